The summed E-state index contributed by atoms with van der Waals surface area (Å²) in [6, 6.07) is 26.4. The van der Waals surface area contributed by atoms with Crippen molar-refractivity contribution < 1.29 is 43.7 Å². The molecule has 0 unspecified atom stereocenters. The number of phenolic OH excluding ortho intramolecular Hbond substituents is 1. The van der Waals surface area contributed by atoms with E-state index in [1.165, 1.54) is 21.3 Å². The Hall–Kier alpha value is -8.26. The van der Waals surface area contributed by atoms with E-state index in [4.69, 9.17) is 9.47 Å². The summed E-state index contributed by atoms with van der Waals surface area (Å²) in [6.45, 7) is 3.92. The SMILES string of the molecule is CCCn1c(=O)c2[nH]c(-c3ccc(OCC(=O)NCCNC(=O)[C@H](CO)NC(=O)[C@H](Cc4ccc(O)cc4)NC(=O)CCCCCNC(=O)OCC4c5ccccc5-c5ccccc54)cc3)nc2n(CCC)c1=O. The van der Waals surface area contributed by atoms with Crippen LogP contribution in [0.25, 0.3) is 33.7 Å². The zero-order chi connectivity index (χ0) is 52.6. The highest BCUT2D eigenvalue weighted by Crippen LogP contribution is 2.44. The van der Waals surface area contributed by atoms with Crippen LogP contribution in [-0.2, 0) is 43.4 Å². The van der Waals surface area contributed by atoms with Crippen LogP contribution in [0.15, 0.2) is 107 Å². The molecule has 390 valence electrons. The van der Waals surface area contributed by atoms with E-state index >= 15 is 0 Å². The lowest BCUT2D eigenvalue weighted by atomic mass is 9.98. The number of benzene rings is 4. The normalized spacial score (nSPS) is 12.5. The summed E-state index contributed by atoms with van der Waals surface area (Å²) in [5, 5.41) is 33.1. The van der Waals surface area contributed by atoms with Crippen molar-refractivity contribution in [3.05, 3.63) is 135 Å². The van der Waals surface area contributed by atoms with Gasteiger partial charge in [0.05, 0.1) is 6.61 Å². The highest BCUT2D eigenvalue weighted by molar-refractivity contribution is 5.92. The Labute approximate surface area is 426 Å². The number of aliphatic hydroxyl groups excluding tert-OH is 1. The molecule has 0 spiro atoms. The highest BCUT2D eigenvalue weighted by Gasteiger charge is 2.30. The van der Waals surface area contributed by atoms with Gasteiger partial charge in [-0.25, -0.2) is 14.6 Å². The number of H-pyrrole nitrogens is 1. The van der Waals surface area contributed by atoms with Crippen molar-refractivity contribution >= 4 is 40.9 Å². The van der Waals surface area contributed by atoms with Gasteiger partial charge >= 0.3 is 11.8 Å². The summed E-state index contributed by atoms with van der Waals surface area (Å²) >= 11 is 0. The summed E-state index contributed by atoms with van der Waals surface area (Å²) in [5.74, 6) is -1.62. The number of aromatic hydroxyl groups is 1. The number of aryl methyl sites for hydroxylation is 1. The lowest BCUT2D eigenvalue weighted by Crippen LogP contribution is -2.56. The molecule has 74 heavy (non-hydrogen) atoms. The number of amides is 5. The van der Waals surface area contributed by atoms with Gasteiger partial charge in [-0.1, -0.05) is 80.9 Å². The van der Waals surface area contributed by atoms with E-state index in [0.717, 1.165) is 22.3 Å². The fourth-order valence-electron chi connectivity index (χ4n) is 8.81. The molecular weight excluding hydrogens is 951 g/mol. The molecule has 20 nitrogen and oxygen atoms in total. The third-order valence-corrected chi connectivity index (χ3v) is 12.5. The van der Waals surface area contributed by atoms with Crippen molar-refractivity contribution in [1.29, 1.82) is 0 Å². The van der Waals surface area contributed by atoms with Crippen LogP contribution in [0.5, 0.6) is 11.5 Å². The molecule has 4 aromatic carbocycles. The second-order valence-corrected chi connectivity index (χ2v) is 17.9. The average Bonchev–Trinajstić information content (AvgIpc) is 4.00. The van der Waals surface area contributed by atoms with Crippen molar-refractivity contribution in [3.8, 4) is 34.0 Å². The zero-order valence-electron chi connectivity index (χ0n) is 41.5. The molecule has 0 radical (unpaired) electrons. The summed E-state index contributed by atoms with van der Waals surface area (Å²) in [6.07, 6.45) is 2.52. The van der Waals surface area contributed by atoms with Crippen molar-refractivity contribution in [1.82, 2.24) is 45.7 Å². The number of nitrogens with zero attached hydrogens (tertiary/aromatic N) is 3. The van der Waals surface area contributed by atoms with Crippen molar-refractivity contribution in [3.63, 3.8) is 0 Å². The van der Waals surface area contributed by atoms with Crippen molar-refractivity contribution in [2.75, 3.05) is 39.5 Å². The van der Waals surface area contributed by atoms with Crippen molar-refractivity contribution in [2.24, 2.45) is 0 Å². The average molecular weight is 1010 g/mol. The summed E-state index contributed by atoms with van der Waals surface area (Å²) < 4.78 is 14.0. The minimum Gasteiger partial charge on any atom is -0.508 e. The van der Waals surface area contributed by atoms with Crippen LogP contribution in [0.1, 0.15) is 75.0 Å². The number of ether oxygens (including phenoxy) is 2. The van der Waals surface area contributed by atoms with Crippen LogP contribution in [0.4, 0.5) is 4.79 Å². The van der Waals surface area contributed by atoms with E-state index in [2.05, 4.69) is 60.8 Å². The number of aromatic nitrogens is 4. The van der Waals surface area contributed by atoms with E-state index in [1.807, 2.05) is 38.1 Å². The maximum Gasteiger partial charge on any atom is 0.407 e. The molecular formula is C54H63N9O11. The molecule has 0 aliphatic heterocycles. The Morgan fingerprint density at radius 2 is 1.38 bits per heavy atom. The van der Waals surface area contributed by atoms with Crippen LogP contribution in [-0.4, -0.2) is 111 Å². The fourth-order valence-corrected chi connectivity index (χ4v) is 8.81. The molecule has 5 amide bonds. The van der Waals surface area contributed by atoms with Gasteiger partial charge in [0, 0.05) is 57.0 Å². The number of phenols is 1. The summed E-state index contributed by atoms with van der Waals surface area (Å²) in [7, 11) is 0. The maximum atomic E-state index is 13.6. The van der Waals surface area contributed by atoms with Gasteiger partial charge in [-0.05, 0) is 89.9 Å². The van der Waals surface area contributed by atoms with E-state index in [0.29, 0.717) is 74.4 Å². The first kappa shape index (κ1) is 53.5. The molecule has 0 bridgehead atoms. The number of aliphatic hydroxyl groups is 1. The number of rotatable bonds is 26. The van der Waals surface area contributed by atoms with E-state index in [1.54, 1.807) is 36.4 Å². The van der Waals surface area contributed by atoms with E-state index in [9.17, 15) is 43.8 Å². The first-order chi connectivity index (χ1) is 35.9. The molecule has 1 aliphatic carbocycles. The van der Waals surface area contributed by atoms with Crippen LogP contribution in [0.2, 0.25) is 0 Å². The molecule has 2 aromatic heterocycles. The number of unbranched alkanes of at least 4 members (excludes halogenated alkanes) is 2. The zero-order valence-corrected chi connectivity index (χ0v) is 41.5. The van der Waals surface area contributed by atoms with Crippen LogP contribution < -0.4 is 42.6 Å². The van der Waals surface area contributed by atoms with Crippen LogP contribution in [0.3, 0.4) is 0 Å². The number of aromatic amines is 1. The second kappa shape index (κ2) is 25.9. The number of nitrogens with one attached hydrogen (secondary N) is 6. The minimum atomic E-state index is -1.38. The Morgan fingerprint density at radius 3 is 2.05 bits per heavy atom. The summed E-state index contributed by atoms with van der Waals surface area (Å²) in [5.41, 5.74) is 5.46. The molecule has 0 saturated heterocycles. The molecule has 7 rings (SSSR count). The van der Waals surface area contributed by atoms with Gasteiger partial charge < -0.3 is 51.3 Å². The number of carbonyl (C=O) groups excluding carboxylic acids is 5. The molecule has 6 aromatic rings. The minimum absolute atomic E-state index is 0.000907. The fraction of sp³-hybridized carbons (Fsp3) is 0.370. The highest BCUT2D eigenvalue weighted by atomic mass is 16.5. The molecule has 2 heterocycles. The summed E-state index contributed by atoms with van der Waals surface area (Å²) in [4.78, 5) is 98.8. The lowest BCUT2D eigenvalue weighted by Gasteiger charge is -2.22. The number of imidazole rings is 1. The Balaban J connectivity index is 0.812. The lowest BCUT2D eigenvalue weighted by molar-refractivity contribution is -0.132. The largest absolute Gasteiger partial charge is 0.508 e. The van der Waals surface area contributed by atoms with E-state index < -0.39 is 59.7 Å². The van der Waals surface area contributed by atoms with Crippen LogP contribution >= 0.6 is 0 Å². The monoisotopic (exact) mass is 1010 g/mol. The van der Waals surface area contributed by atoms with Gasteiger partial charge in [0.25, 0.3) is 11.5 Å². The Bertz CT molecular complexity index is 2990. The Kier molecular flexibility index (Phi) is 18.8. The standard InChI is InChI=1S/C54H63N9O11/c1-3-28-62-49-47(52(70)63(29-4-2)54(62)72)60-48(61-49)35-19-23-37(24-20-35)73-33-46(67)55-26-27-56-50(68)44(31-64)59-51(69)43(30-34-17-21-36(65)22-18-34)58-45(66)16-6-5-11-25-57-53(71)74-32-42-40-14-9-7-12-38(40)39-13-8-10-15-41(39)42/h7-10,12-15,17-24,42-44,64-65H,3-6,11,16,25-33H2,1-2H3,(H,55,67)(H,56,68)(H,57,71)(H,58,66)(H,59,69)(H,60,61)/t43-,44-/m0/s1. The smallest absolute Gasteiger partial charge is 0.407 e. The second-order valence-electron chi connectivity index (χ2n) is 17.9. The molecule has 1 aliphatic rings. The third-order valence-electron chi connectivity index (χ3n) is 12.5. The molecule has 8 N–H and O–H groups in total. The number of carbonyl (C=O) groups is 5. The first-order valence-corrected chi connectivity index (χ1v) is 25.0. The number of hydrogen-bond acceptors (Lipinski definition) is 12. The topological polar surface area (TPSA) is 277 Å². The third kappa shape index (κ3) is 13.6. The van der Waals surface area contributed by atoms with Crippen molar-refractivity contribution in [2.45, 2.75) is 89.9 Å². The first-order valence-electron chi connectivity index (χ1n) is 25.0. The molecule has 0 saturated carbocycles. The predicted molar refractivity (Wildman–Crippen MR) is 276 cm³/mol. The molecule has 2 atom stereocenters. The van der Waals surface area contributed by atoms with Crippen LogP contribution in [0, 0.1) is 0 Å². The van der Waals surface area contributed by atoms with Gasteiger partial charge in [-0.3, -0.25) is 33.1 Å². The maximum absolute atomic E-state index is 13.6. The van der Waals surface area contributed by atoms with Gasteiger partial charge in [-0.2, -0.15) is 0 Å². The molecule has 0 fully saturated rings. The van der Waals surface area contributed by atoms with Gasteiger partial charge in [0.15, 0.2) is 12.3 Å². The number of fused-ring (bicyclic) bond motifs is 4. The number of hydrogen-bond donors (Lipinski definition) is 8. The van der Waals surface area contributed by atoms with Gasteiger partial charge in [0.1, 0.15) is 41.5 Å². The number of alkyl carbamates (subject to hydrolysis) is 1. The van der Waals surface area contributed by atoms with Gasteiger partial charge in [-0.15, -0.1) is 0 Å². The van der Waals surface area contributed by atoms with E-state index in [-0.39, 0.29) is 62.0 Å². The quantitative estimate of drug-likeness (QED) is 0.0359. The van der Waals surface area contributed by atoms with Gasteiger partial charge in [0.2, 0.25) is 17.7 Å². The Morgan fingerprint density at radius 1 is 0.716 bits per heavy atom. The molecule has 20 heteroatoms. The predicted octanol–water partition coefficient (Wildman–Crippen LogP) is 3.99.